The normalized spacial score (nSPS) is 17.2. The summed E-state index contributed by atoms with van der Waals surface area (Å²) in [6.07, 6.45) is 0.943. The Morgan fingerprint density at radius 1 is 0.829 bits per heavy atom. The second-order valence-electron chi connectivity index (χ2n) is 8.66. The molecule has 1 unspecified atom stereocenters. The Kier molecular flexibility index (Phi) is 6.77. The summed E-state index contributed by atoms with van der Waals surface area (Å²) in [5, 5.41) is 3.84. The van der Waals surface area contributed by atoms with Crippen molar-refractivity contribution in [1.82, 2.24) is 4.98 Å². The first-order chi connectivity index (χ1) is 17.2. The first-order valence-electron chi connectivity index (χ1n) is 11.7. The van der Waals surface area contributed by atoms with Crippen molar-refractivity contribution in [2.45, 2.75) is 25.7 Å². The summed E-state index contributed by atoms with van der Waals surface area (Å²) in [5.41, 5.74) is 9.67. The van der Waals surface area contributed by atoms with Crippen molar-refractivity contribution in [3.05, 3.63) is 96.2 Å². The van der Waals surface area contributed by atoms with Crippen LogP contribution in [-0.4, -0.2) is 23.3 Å². The first kappa shape index (κ1) is 22.7. The number of fused-ring (bicyclic) bond motifs is 1. The summed E-state index contributed by atoms with van der Waals surface area (Å²) in [4.78, 5) is 4.66. The van der Waals surface area contributed by atoms with Crippen LogP contribution in [0.2, 0.25) is 0 Å². The highest BCUT2D eigenvalue weighted by Crippen LogP contribution is 2.28. The van der Waals surface area contributed by atoms with Crippen LogP contribution < -0.4 is 30.9 Å². The summed E-state index contributed by atoms with van der Waals surface area (Å²) in [6.45, 7) is 1.19. The minimum atomic E-state index is 0.174. The molecule has 5 rings (SSSR count). The molecule has 0 bridgehead atoms. The van der Waals surface area contributed by atoms with Gasteiger partial charge in [-0.25, -0.2) is 10.8 Å². The van der Waals surface area contributed by atoms with Crippen LogP contribution >= 0.6 is 0 Å². The Balaban J connectivity index is 1.15. The number of hydrogen-bond acceptors (Lipinski definition) is 6. The molecule has 4 aromatic rings. The van der Waals surface area contributed by atoms with E-state index in [1.807, 2.05) is 78.9 Å². The van der Waals surface area contributed by atoms with Crippen molar-refractivity contribution in [2.24, 2.45) is 17.5 Å². The predicted molar refractivity (Wildman–Crippen MR) is 135 cm³/mol. The van der Waals surface area contributed by atoms with Crippen molar-refractivity contribution in [1.29, 1.82) is 0 Å². The van der Waals surface area contributed by atoms with Gasteiger partial charge in [0.2, 0.25) is 5.71 Å². The van der Waals surface area contributed by atoms with Crippen LogP contribution in [0, 0.1) is 5.92 Å². The number of hydrazine groups is 1. The maximum Gasteiger partial charge on any atom is 0.221 e. The molecule has 1 heterocycles. The summed E-state index contributed by atoms with van der Waals surface area (Å²) < 4.78 is 17.9. The standard InChI is InChI=1S/C28H28N4O3/c29-26-15-25(26)28(32-30)18-35-22-7-3-5-19(13-22)16-33-23-8-4-9-24(14-23)34-17-21-12-11-20-6-1-2-10-27(20)31-21/h1-14,25-26H,15-18,29-30H2/p+1/b32-28-/t25-,26?/m0/s1. The lowest BCUT2D eigenvalue weighted by atomic mass is 10.2. The van der Waals surface area contributed by atoms with Crippen molar-refractivity contribution in [2.75, 3.05) is 6.61 Å². The van der Waals surface area contributed by atoms with Crippen molar-refractivity contribution in [3.63, 3.8) is 0 Å². The Morgan fingerprint density at radius 3 is 2.31 bits per heavy atom. The van der Waals surface area contributed by atoms with E-state index in [0.717, 1.165) is 51.5 Å². The van der Waals surface area contributed by atoms with Crippen LogP contribution in [0.25, 0.3) is 10.9 Å². The van der Waals surface area contributed by atoms with Crippen LogP contribution in [0.1, 0.15) is 17.7 Å². The highest BCUT2D eigenvalue weighted by Gasteiger charge is 2.42. The third kappa shape index (κ3) is 5.88. The monoisotopic (exact) mass is 469 g/mol. The number of rotatable bonds is 10. The lowest BCUT2D eigenvalue weighted by Crippen LogP contribution is -2.82. The molecule has 0 amide bonds. The fourth-order valence-electron chi connectivity index (χ4n) is 3.92. The number of aromatic nitrogens is 1. The van der Waals surface area contributed by atoms with Crippen LogP contribution in [0.15, 0.2) is 84.9 Å². The Hall–Kier alpha value is -4.10. The van der Waals surface area contributed by atoms with Gasteiger partial charge < -0.3 is 19.9 Å². The molecule has 1 aliphatic rings. The summed E-state index contributed by atoms with van der Waals surface area (Å²) >= 11 is 0. The van der Waals surface area contributed by atoms with Crippen LogP contribution in [0.5, 0.6) is 17.2 Å². The van der Waals surface area contributed by atoms with E-state index >= 15 is 0 Å². The number of hydrogen-bond donors (Lipinski definition) is 3. The molecular formula is C28H29N4O3+. The molecule has 1 saturated carbocycles. The van der Waals surface area contributed by atoms with Gasteiger partial charge in [-0.05, 0) is 48.4 Å². The highest BCUT2D eigenvalue weighted by atomic mass is 16.5. The molecule has 35 heavy (non-hydrogen) atoms. The molecule has 0 saturated heterocycles. The average Bonchev–Trinajstić information content (AvgIpc) is 3.63. The van der Waals surface area contributed by atoms with Gasteiger partial charge in [-0.3, -0.25) is 0 Å². The number of nitrogens with zero attached hydrogens (tertiary/aromatic N) is 1. The first-order valence-corrected chi connectivity index (χ1v) is 11.7. The van der Waals surface area contributed by atoms with Gasteiger partial charge in [-0.2, -0.15) is 0 Å². The molecule has 1 aromatic heterocycles. The van der Waals surface area contributed by atoms with Gasteiger partial charge in [0.1, 0.15) is 30.5 Å². The SMILES string of the molecule is N/[NH+]=C(/COc1cccc(COc2cccc(OCc3ccc4ccccc4n3)c2)c1)[C@H]1CC1N. The maximum absolute atomic E-state index is 6.00. The number of benzene rings is 3. The van der Waals surface area contributed by atoms with Gasteiger partial charge >= 0.3 is 0 Å². The van der Waals surface area contributed by atoms with Gasteiger partial charge in [0.15, 0.2) is 6.61 Å². The van der Waals surface area contributed by atoms with E-state index in [9.17, 15) is 0 Å². The fraction of sp³-hybridized carbons (Fsp3) is 0.214. The minimum Gasteiger partial charge on any atom is -0.489 e. The van der Waals surface area contributed by atoms with Crippen LogP contribution in [0.4, 0.5) is 0 Å². The average molecular weight is 470 g/mol. The van der Waals surface area contributed by atoms with Crippen molar-refractivity contribution in [3.8, 4) is 17.2 Å². The molecule has 7 nitrogen and oxygen atoms in total. The Morgan fingerprint density at radius 2 is 1.54 bits per heavy atom. The topological polar surface area (TPSA) is 107 Å². The van der Waals surface area contributed by atoms with Crippen LogP contribution in [-0.2, 0) is 13.2 Å². The number of ether oxygens (including phenoxy) is 3. The highest BCUT2D eigenvalue weighted by molar-refractivity contribution is 5.86. The molecule has 0 aliphatic heterocycles. The predicted octanol–water partition coefficient (Wildman–Crippen LogP) is 2.51. The zero-order valence-electron chi connectivity index (χ0n) is 19.4. The summed E-state index contributed by atoms with van der Waals surface area (Å²) in [6, 6.07) is 27.7. The molecular weight excluding hydrogens is 440 g/mol. The van der Waals surface area contributed by atoms with Gasteiger partial charge in [0.05, 0.1) is 17.1 Å². The van der Waals surface area contributed by atoms with E-state index in [0.29, 0.717) is 19.8 Å². The Labute approximate surface area is 204 Å². The van der Waals surface area contributed by atoms with Crippen LogP contribution in [0.3, 0.4) is 0 Å². The third-order valence-electron chi connectivity index (χ3n) is 6.02. The van der Waals surface area contributed by atoms with Gasteiger partial charge in [0, 0.05) is 17.5 Å². The van der Waals surface area contributed by atoms with Gasteiger partial charge in [-0.1, -0.05) is 42.5 Å². The second-order valence-corrected chi connectivity index (χ2v) is 8.66. The molecule has 5 N–H and O–H groups in total. The quantitative estimate of drug-likeness (QED) is 0.187. The molecule has 0 radical (unpaired) electrons. The van der Waals surface area contributed by atoms with E-state index in [2.05, 4.69) is 16.2 Å². The molecule has 7 heteroatoms. The third-order valence-corrected chi connectivity index (χ3v) is 6.02. The summed E-state index contributed by atoms with van der Waals surface area (Å²) in [7, 11) is 0. The molecule has 1 aliphatic carbocycles. The largest absolute Gasteiger partial charge is 0.489 e. The fourth-order valence-corrected chi connectivity index (χ4v) is 3.92. The number of nitrogens with one attached hydrogen (secondary N) is 1. The second kappa shape index (κ2) is 10.4. The van der Waals surface area contributed by atoms with E-state index in [4.69, 9.17) is 25.8 Å². The Bertz CT molecular complexity index is 1340. The zero-order chi connectivity index (χ0) is 24.0. The maximum atomic E-state index is 6.00. The number of pyridine rings is 1. The molecule has 2 atom stereocenters. The molecule has 0 spiro atoms. The van der Waals surface area contributed by atoms with E-state index in [-0.39, 0.29) is 12.0 Å². The molecule has 1 fully saturated rings. The van der Waals surface area contributed by atoms with E-state index in [1.54, 1.807) is 0 Å². The lowest BCUT2D eigenvalue weighted by Gasteiger charge is -2.11. The number of hydrazone groups is 1. The molecule has 3 aromatic carbocycles. The van der Waals surface area contributed by atoms with Gasteiger partial charge in [-0.15, -0.1) is 5.10 Å². The van der Waals surface area contributed by atoms with Gasteiger partial charge in [0.25, 0.3) is 0 Å². The van der Waals surface area contributed by atoms with E-state index < -0.39 is 0 Å². The minimum absolute atomic E-state index is 0.174. The van der Waals surface area contributed by atoms with Crippen molar-refractivity contribution >= 4 is 16.6 Å². The molecule has 178 valence electrons. The summed E-state index contributed by atoms with van der Waals surface area (Å²) in [5.74, 6) is 8.12. The zero-order valence-corrected chi connectivity index (χ0v) is 19.4. The van der Waals surface area contributed by atoms with Crippen molar-refractivity contribution < 1.29 is 19.3 Å². The number of nitrogens with two attached hydrogens (primary N) is 2. The van der Waals surface area contributed by atoms with E-state index in [1.165, 1.54) is 0 Å². The lowest BCUT2D eigenvalue weighted by molar-refractivity contribution is -0.473. The smallest absolute Gasteiger partial charge is 0.221 e. The number of para-hydroxylation sites is 1.